The monoisotopic (exact) mass is 267 g/mol. The van der Waals surface area contributed by atoms with Crippen molar-refractivity contribution in [3.63, 3.8) is 0 Å². The third kappa shape index (κ3) is 4.44. The Hall–Kier alpha value is -1.75. The van der Waals surface area contributed by atoms with Gasteiger partial charge in [-0.15, -0.1) is 0 Å². The molecule has 5 heteroatoms. The number of benzene rings is 1. The van der Waals surface area contributed by atoms with Crippen molar-refractivity contribution in [2.75, 3.05) is 6.61 Å². The molecule has 0 aliphatic heterocycles. The molecule has 0 saturated heterocycles. The van der Waals surface area contributed by atoms with Gasteiger partial charge >= 0.3 is 5.97 Å². The lowest BCUT2D eigenvalue weighted by Crippen LogP contribution is -2.48. The maximum Gasteiger partial charge on any atom is 0.326 e. The Morgan fingerprint density at radius 3 is 2.63 bits per heavy atom. The summed E-state index contributed by atoms with van der Waals surface area (Å²) >= 11 is 0. The van der Waals surface area contributed by atoms with Crippen LogP contribution in [-0.2, 0) is 16.0 Å². The average Bonchev–Trinajstić information content (AvgIpc) is 2.33. The molecular weight excluding hydrogens is 246 g/mol. The van der Waals surface area contributed by atoms with Gasteiger partial charge in [0.2, 0.25) is 0 Å². The summed E-state index contributed by atoms with van der Waals surface area (Å²) in [6.45, 7) is 3.96. The van der Waals surface area contributed by atoms with E-state index < -0.39 is 11.5 Å². The Morgan fingerprint density at radius 2 is 2.05 bits per heavy atom. The zero-order chi connectivity index (χ0) is 14.5. The number of hydrogen-bond acceptors (Lipinski definition) is 5. The zero-order valence-corrected chi connectivity index (χ0v) is 11.3. The van der Waals surface area contributed by atoms with Crippen molar-refractivity contribution < 1.29 is 19.7 Å². The fraction of sp³-hybridized carbons (Fsp3) is 0.500. The van der Waals surface area contributed by atoms with E-state index in [-0.39, 0.29) is 17.9 Å². The standard InChI is InChI=1S/C14H21NO4/c1-3-4-7-19-13(18)14(2,15)9-10-5-6-11(16)12(17)8-10/h5-6,8,16-17H,3-4,7,9,15H2,1-2H3. The van der Waals surface area contributed by atoms with Crippen LogP contribution in [0.3, 0.4) is 0 Å². The zero-order valence-electron chi connectivity index (χ0n) is 11.3. The molecule has 4 N–H and O–H groups in total. The van der Waals surface area contributed by atoms with Gasteiger partial charge in [-0.3, -0.25) is 4.79 Å². The van der Waals surface area contributed by atoms with E-state index in [9.17, 15) is 15.0 Å². The average molecular weight is 267 g/mol. The molecule has 0 aliphatic carbocycles. The molecule has 0 heterocycles. The number of esters is 1. The van der Waals surface area contributed by atoms with Crippen molar-refractivity contribution in [1.82, 2.24) is 0 Å². The van der Waals surface area contributed by atoms with Gasteiger partial charge in [-0.1, -0.05) is 19.4 Å². The van der Waals surface area contributed by atoms with E-state index in [2.05, 4.69) is 0 Å². The van der Waals surface area contributed by atoms with Crippen molar-refractivity contribution in [2.45, 2.75) is 38.6 Å². The number of ether oxygens (including phenoxy) is 1. The molecule has 0 aromatic heterocycles. The van der Waals surface area contributed by atoms with Gasteiger partial charge in [-0.25, -0.2) is 0 Å². The Balaban J connectivity index is 2.67. The van der Waals surface area contributed by atoms with Crippen molar-refractivity contribution in [2.24, 2.45) is 5.73 Å². The highest BCUT2D eigenvalue weighted by atomic mass is 16.5. The molecule has 1 unspecified atom stereocenters. The first-order valence-electron chi connectivity index (χ1n) is 6.34. The lowest BCUT2D eigenvalue weighted by Gasteiger charge is -2.22. The second-order valence-electron chi connectivity index (χ2n) is 4.91. The molecule has 1 aromatic carbocycles. The smallest absolute Gasteiger partial charge is 0.326 e. The minimum atomic E-state index is -1.16. The first-order chi connectivity index (χ1) is 8.86. The normalized spacial score (nSPS) is 13.8. The summed E-state index contributed by atoms with van der Waals surface area (Å²) in [4.78, 5) is 11.8. The van der Waals surface area contributed by atoms with Crippen LogP contribution in [0.4, 0.5) is 0 Å². The maximum atomic E-state index is 11.8. The quantitative estimate of drug-likeness (QED) is 0.414. The minimum Gasteiger partial charge on any atom is -0.504 e. The SMILES string of the molecule is CCCCOC(=O)C(C)(N)Cc1ccc(O)c(O)c1. The number of phenolic OH excluding ortho intramolecular Hbond substituents is 2. The highest BCUT2D eigenvalue weighted by Gasteiger charge is 2.30. The van der Waals surface area contributed by atoms with Crippen LogP contribution in [0.1, 0.15) is 32.3 Å². The van der Waals surface area contributed by atoms with Crippen LogP contribution in [0, 0.1) is 0 Å². The molecule has 0 radical (unpaired) electrons. The molecule has 0 spiro atoms. The molecular formula is C14H21NO4. The Morgan fingerprint density at radius 1 is 1.37 bits per heavy atom. The number of nitrogens with two attached hydrogens (primary N) is 1. The number of hydrogen-bond donors (Lipinski definition) is 3. The molecule has 0 saturated carbocycles. The van der Waals surface area contributed by atoms with E-state index >= 15 is 0 Å². The van der Waals surface area contributed by atoms with Crippen LogP contribution in [0.2, 0.25) is 0 Å². The summed E-state index contributed by atoms with van der Waals surface area (Å²) < 4.78 is 5.10. The summed E-state index contributed by atoms with van der Waals surface area (Å²) in [5, 5.41) is 18.6. The molecule has 19 heavy (non-hydrogen) atoms. The Kier molecular flexibility index (Phi) is 5.18. The topological polar surface area (TPSA) is 92.8 Å². The van der Waals surface area contributed by atoms with Crippen LogP contribution < -0.4 is 5.73 Å². The second kappa shape index (κ2) is 6.43. The van der Waals surface area contributed by atoms with Gasteiger partial charge < -0.3 is 20.7 Å². The number of unbranched alkanes of at least 4 members (excludes halogenated alkanes) is 1. The molecule has 1 rings (SSSR count). The van der Waals surface area contributed by atoms with E-state index in [0.717, 1.165) is 12.8 Å². The van der Waals surface area contributed by atoms with Gasteiger partial charge in [-0.05, 0) is 31.0 Å². The van der Waals surface area contributed by atoms with Crippen LogP contribution in [-0.4, -0.2) is 28.3 Å². The van der Waals surface area contributed by atoms with Gasteiger partial charge in [0.1, 0.15) is 5.54 Å². The van der Waals surface area contributed by atoms with Gasteiger partial charge in [0.15, 0.2) is 11.5 Å². The van der Waals surface area contributed by atoms with E-state index in [1.165, 1.54) is 12.1 Å². The molecule has 0 amide bonds. The summed E-state index contributed by atoms with van der Waals surface area (Å²) in [5.41, 5.74) is 5.45. The number of carbonyl (C=O) groups is 1. The summed E-state index contributed by atoms with van der Waals surface area (Å²) in [7, 11) is 0. The van der Waals surface area contributed by atoms with E-state index in [0.29, 0.717) is 12.2 Å². The van der Waals surface area contributed by atoms with Crippen LogP contribution >= 0.6 is 0 Å². The summed E-state index contributed by atoms with van der Waals surface area (Å²) in [6, 6.07) is 4.36. The van der Waals surface area contributed by atoms with Crippen LogP contribution in [0.25, 0.3) is 0 Å². The van der Waals surface area contributed by atoms with E-state index in [4.69, 9.17) is 10.5 Å². The van der Waals surface area contributed by atoms with E-state index in [1.54, 1.807) is 13.0 Å². The highest BCUT2D eigenvalue weighted by Crippen LogP contribution is 2.26. The fourth-order valence-electron chi connectivity index (χ4n) is 1.65. The third-order valence-electron chi connectivity index (χ3n) is 2.81. The fourth-order valence-corrected chi connectivity index (χ4v) is 1.65. The van der Waals surface area contributed by atoms with E-state index in [1.807, 2.05) is 6.92 Å². The predicted octanol–water partition coefficient (Wildman–Crippen LogP) is 1.70. The highest BCUT2D eigenvalue weighted by molar-refractivity contribution is 5.80. The number of carbonyl (C=O) groups excluding carboxylic acids is 1. The number of aromatic hydroxyl groups is 2. The Bertz CT molecular complexity index is 443. The maximum absolute atomic E-state index is 11.8. The molecule has 5 nitrogen and oxygen atoms in total. The molecule has 0 bridgehead atoms. The van der Waals surface area contributed by atoms with Crippen LogP contribution in [0.5, 0.6) is 11.5 Å². The predicted molar refractivity (Wildman–Crippen MR) is 71.9 cm³/mol. The summed E-state index contributed by atoms with van der Waals surface area (Å²) in [6.07, 6.45) is 1.98. The van der Waals surface area contributed by atoms with Gasteiger partial charge in [0.25, 0.3) is 0 Å². The van der Waals surface area contributed by atoms with Gasteiger partial charge in [0, 0.05) is 6.42 Å². The van der Waals surface area contributed by atoms with Crippen molar-refractivity contribution in [3.8, 4) is 11.5 Å². The second-order valence-corrected chi connectivity index (χ2v) is 4.91. The lowest BCUT2D eigenvalue weighted by molar-refractivity contribution is -0.149. The summed E-state index contributed by atoms with van der Waals surface area (Å²) in [5.74, 6) is -0.894. The largest absolute Gasteiger partial charge is 0.504 e. The van der Waals surface area contributed by atoms with Crippen LogP contribution in [0.15, 0.2) is 18.2 Å². The Labute approximate surface area is 113 Å². The molecule has 106 valence electrons. The molecule has 0 fully saturated rings. The first kappa shape index (κ1) is 15.3. The first-order valence-corrected chi connectivity index (χ1v) is 6.34. The van der Waals surface area contributed by atoms with Gasteiger partial charge in [-0.2, -0.15) is 0 Å². The lowest BCUT2D eigenvalue weighted by atomic mass is 9.94. The third-order valence-corrected chi connectivity index (χ3v) is 2.81. The molecule has 1 atom stereocenters. The minimum absolute atomic E-state index is 0.201. The van der Waals surface area contributed by atoms with Crippen molar-refractivity contribution in [1.29, 1.82) is 0 Å². The number of phenols is 2. The molecule has 1 aromatic rings. The van der Waals surface area contributed by atoms with Gasteiger partial charge in [0.05, 0.1) is 6.61 Å². The number of rotatable bonds is 6. The molecule has 0 aliphatic rings. The van der Waals surface area contributed by atoms with Crippen molar-refractivity contribution in [3.05, 3.63) is 23.8 Å². The van der Waals surface area contributed by atoms with Crippen molar-refractivity contribution >= 4 is 5.97 Å².